The summed E-state index contributed by atoms with van der Waals surface area (Å²) < 4.78 is 13.2. The van der Waals surface area contributed by atoms with Crippen molar-refractivity contribution in [2.24, 2.45) is 0 Å². The molecular weight excluding hydrogens is 303 g/mol. The van der Waals surface area contributed by atoms with E-state index in [1.807, 2.05) is 0 Å². The molecule has 0 aliphatic carbocycles. The minimum Gasteiger partial charge on any atom is -0.347 e. The molecule has 114 valence electrons. The molecule has 5 nitrogen and oxygen atoms in total. The van der Waals surface area contributed by atoms with Crippen LogP contribution in [0.3, 0.4) is 0 Å². The molecule has 2 aromatic heterocycles. The van der Waals surface area contributed by atoms with Crippen LogP contribution in [0.2, 0.25) is 0 Å². The van der Waals surface area contributed by atoms with Gasteiger partial charge in [-0.25, -0.2) is 9.37 Å². The molecule has 4 heterocycles. The molecule has 3 atom stereocenters. The monoisotopic (exact) mass is 318 g/mol. The Hall–Kier alpha value is -1.86. The van der Waals surface area contributed by atoms with Crippen LogP contribution in [0.15, 0.2) is 24.7 Å². The highest BCUT2D eigenvalue weighted by molar-refractivity contribution is 7.16. The van der Waals surface area contributed by atoms with Crippen LogP contribution in [0.5, 0.6) is 0 Å². The summed E-state index contributed by atoms with van der Waals surface area (Å²) in [5.41, 5.74) is 0.589. The summed E-state index contributed by atoms with van der Waals surface area (Å²) in [7, 11) is 0. The van der Waals surface area contributed by atoms with Gasteiger partial charge in [0.25, 0.3) is 5.91 Å². The number of nitrogens with zero attached hydrogens (tertiary/aromatic N) is 2. The van der Waals surface area contributed by atoms with Gasteiger partial charge in [0.05, 0.1) is 12.4 Å². The van der Waals surface area contributed by atoms with Crippen molar-refractivity contribution >= 4 is 17.2 Å². The van der Waals surface area contributed by atoms with E-state index in [0.29, 0.717) is 27.5 Å². The quantitative estimate of drug-likeness (QED) is 0.908. The lowest BCUT2D eigenvalue weighted by Gasteiger charge is -2.20. The predicted molar refractivity (Wildman–Crippen MR) is 81.1 cm³/mol. The molecule has 2 N–H and O–H groups in total. The third-order valence-corrected chi connectivity index (χ3v) is 5.34. The topological polar surface area (TPSA) is 66.9 Å². The van der Waals surface area contributed by atoms with Crippen LogP contribution < -0.4 is 10.6 Å². The highest BCUT2D eigenvalue weighted by Gasteiger charge is 2.39. The number of hydrogen-bond acceptors (Lipinski definition) is 5. The fourth-order valence-corrected chi connectivity index (χ4v) is 4.06. The smallest absolute Gasteiger partial charge is 0.263 e. The molecule has 0 radical (unpaired) electrons. The Balaban J connectivity index is 1.48. The summed E-state index contributed by atoms with van der Waals surface area (Å²) >= 11 is 1.26. The third kappa shape index (κ3) is 2.50. The van der Waals surface area contributed by atoms with E-state index in [9.17, 15) is 9.18 Å². The Morgan fingerprint density at radius 3 is 3.00 bits per heavy atom. The first-order valence-electron chi connectivity index (χ1n) is 7.33. The van der Waals surface area contributed by atoms with Crippen LogP contribution >= 0.6 is 11.3 Å². The number of halogens is 1. The Morgan fingerprint density at radius 2 is 2.27 bits per heavy atom. The molecule has 2 aromatic rings. The molecule has 4 rings (SSSR count). The molecule has 2 aliphatic heterocycles. The lowest BCUT2D eigenvalue weighted by molar-refractivity contribution is 0.0935. The highest BCUT2D eigenvalue weighted by atomic mass is 32.1. The highest BCUT2D eigenvalue weighted by Crippen LogP contribution is 2.29. The van der Waals surface area contributed by atoms with Crippen molar-refractivity contribution in [3.63, 3.8) is 0 Å². The largest absolute Gasteiger partial charge is 0.347 e. The minimum absolute atomic E-state index is 0.104. The van der Waals surface area contributed by atoms with E-state index in [-0.39, 0.29) is 11.9 Å². The number of rotatable bonds is 3. The van der Waals surface area contributed by atoms with Gasteiger partial charge in [0.1, 0.15) is 15.7 Å². The van der Waals surface area contributed by atoms with Crippen LogP contribution in [-0.2, 0) is 0 Å². The Kier molecular flexibility index (Phi) is 3.38. The molecule has 3 unspecified atom stereocenters. The van der Waals surface area contributed by atoms with Crippen molar-refractivity contribution in [1.29, 1.82) is 0 Å². The average molecular weight is 318 g/mol. The number of aromatic nitrogens is 2. The average Bonchev–Trinajstić information content (AvgIpc) is 3.23. The SMILES string of the molecule is O=C(NC1CC2CCC1N2)c1cnc(-c2cncc(F)c2)s1. The van der Waals surface area contributed by atoms with E-state index >= 15 is 0 Å². The van der Waals surface area contributed by atoms with E-state index in [1.54, 1.807) is 12.4 Å². The summed E-state index contributed by atoms with van der Waals surface area (Å²) in [6.07, 6.45) is 7.56. The summed E-state index contributed by atoms with van der Waals surface area (Å²) in [5.74, 6) is -0.515. The van der Waals surface area contributed by atoms with E-state index in [2.05, 4.69) is 20.6 Å². The molecule has 2 bridgehead atoms. The van der Waals surface area contributed by atoms with Gasteiger partial charge in [-0.15, -0.1) is 11.3 Å². The van der Waals surface area contributed by atoms with Gasteiger partial charge in [0, 0.05) is 29.9 Å². The van der Waals surface area contributed by atoms with E-state index in [4.69, 9.17) is 0 Å². The zero-order chi connectivity index (χ0) is 15.1. The summed E-state index contributed by atoms with van der Waals surface area (Å²) in [6, 6.07) is 2.51. The summed E-state index contributed by atoms with van der Waals surface area (Å²) in [6.45, 7) is 0. The van der Waals surface area contributed by atoms with Crippen molar-refractivity contribution in [1.82, 2.24) is 20.6 Å². The molecule has 22 heavy (non-hydrogen) atoms. The number of hydrogen-bond donors (Lipinski definition) is 2. The standard InChI is InChI=1S/C15H15FN4OS/c16-9-3-8(5-17-6-9)15-18-7-13(22-15)14(21)20-12-4-10-1-2-11(12)19-10/h3,5-7,10-12,19H,1-2,4H2,(H,20,21). The first-order chi connectivity index (χ1) is 10.7. The molecule has 0 aromatic carbocycles. The molecule has 2 saturated heterocycles. The van der Waals surface area contributed by atoms with Gasteiger partial charge >= 0.3 is 0 Å². The van der Waals surface area contributed by atoms with Gasteiger partial charge in [0.15, 0.2) is 0 Å². The summed E-state index contributed by atoms with van der Waals surface area (Å²) in [4.78, 5) is 20.9. The Morgan fingerprint density at radius 1 is 1.36 bits per heavy atom. The number of carbonyl (C=O) groups is 1. The van der Waals surface area contributed by atoms with Crippen LogP contribution in [-0.4, -0.2) is 34.0 Å². The second-order valence-electron chi connectivity index (χ2n) is 5.78. The fourth-order valence-electron chi connectivity index (χ4n) is 3.26. The maximum absolute atomic E-state index is 13.2. The van der Waals surface area contributed by atoms with Crippen molar-refractivity contribution in [3.05, 3.63) is 35.4 Å². The molecule has 1 amide bonds. The number of fused-ring (bicyclic) bond motifs is 2. The zero-order valence-electron chi connectivity index (χ0n) is 11.8. The second-order valence-corrected chi connectivity index (χ2v) is 6.82. The van der Waals surface area contributed by atoms with Crippen LogP contribution in [0.25, 0.3) is 10.6 Å². The molecule has 2 fully saturated rings. The molecule has 0 spiro atoms. The molecular formula is C15H15FN4OS. The van der Waals surface area contributed by atoms with Gasteiger partial charge in [0.2, 0.25) is 0 Å². The van der Waals surface area contributed by atoms with E-state index in [0.717, 1.165) is 19.0 Å². The fraction of sp³-hybridized carbons (Fsp3) is 0.400. The Labute approximate surface area is 131 Å². The van der Waals surface area contributed by atoms with Gasteiger partial charge in [-0.2, -0.15) is 0 Å². The van der Waals surface area contributed by atoms with Gasteiger partial charge in [-0.3, -0.25) is 9.78 Å². The van der Waals surface area contributed by atoms with Crippen LogP contribution in [0.4, 0.5) is 4.39 Å². The number of amides is 1. The number of thiazole rings is 1. The molecule has 2 aliphatic rings. The predicted octanol–water partition coefficient (Wildman–Crippen LogP) is 1.97. The third-order valence-electron chi connectivity index (χ3n) is 4.30. The lowest BCUT2D eigenvalue weighted by atomic mass is 9.95. The Bertz CT molecular complexity index is 719. The maximum Gasteiger partial charge on any atom is 0.263 e. The first kappa shape index (κ1) is 13.8. The maximum atomic E-state index is 13.2. The van der Waals surface area contributed by atoms with Crippen LogP contribution in [0, 0.1) is 5.82 Å². The second kappa shape index (κ2) is 5.40. The van der Waals surface area contributed by atoms with Gasteiger partial charge in [-0.1, -0.05) is 0 Å². The minimum atomic E-state index is -0.410. The number of nitrogens with one attached hydrogen (secondary N) is 2. The summed E-state index contributed by atoms with van der Waals surface area (Å²) in [5, 5.41) is 7.18. The van der Waals surface area contributed by atoms with Crippen molar-refractivity contribution in [3.8, 4) is 10.6 Å². The zero-order valence-corrected chi connectivity index (χ0v) is 12.6. The number of pyridine rings is 1. The normalized spacial score (nSPS) is 26.3. The van der Waals surface area contributed by atoms with E-state index in [1.165, 1.54) is 23.8 Å². The van der Waals surface area contributed by atoms with Gasteiger partial charge in [-0.05, 0) is 25.3 Å². The van der Waals surface area contributed by atoms with Crippen molar-refractivity contribution in [2.75, 3.05) is 0 Å². The first-order valence-corrected chi connectivity index (χ1v) is 8.14. The van der Waals surface area contributed by atoms with Crippen molar-refractivity contribution < 1.29 is 9.18 Å². The molecule has 7 heteroatoms. The molecule has 0 saturated carbocycles. The van der Waals surface area contributed by atoms with Crippen LogP contribution in [0.1, 0.15) is 28.9 Å². The number of carbonyl (C=O) groups excluding carboxylic acids is 1. The van der Waals surface area contributed by atoms with Crippen molar-refractivity contribution in [2.45, 2.75) is 37.4 Å². The lowest BCUT2D eigenvalue weighted by Crippen LogP contribution is -2.42. The van der Waals surface area contributed by atoms with E-state index < -0.39 is 5.82 Å². The van der Waals surface area contributed by atoms with Gasteiger partial charge < -0.3 is 10.6 Å².